The van der Waals surface area contributed by atoms with Crippen LogP contribution >= 0.6 is 0 Å². The first-order chi connectivity index (χ1) is 18.6. The van der Waals surface area contributed by atoms with Gasteiger partial charge in [0.25, 0.3) is 0 Å². The van der Waals surface area contributed by atoms with Crippen LogP contribution in [0.1, 0.15) is 35.5 Å². The van der Waals surface area contributed by atoms with Crippen molar-refractivity contribution in [2.45, 2.75) is 56.9 Å². The quantitative estimate of drug-likeness (QED) is 0.245. The molecule has 0 bridgehead atoms. The summed E-state index contributed by atoms with van der Waals surface area (Å²) >= 11 is 0. The SMILES string of the molecule is COc1cc(C)c2c(=O)cc(C[C@H](C)O)oc2c1[C@@H]1O[C@H](CO)[C@@H](O)[C@H](O)[C@H]1OC(=O)C=Cc1ccccc1. The summed E-state index contributed by atoms with van der Waals surface area (Å²) < 4.78 is 23.2. The predicted octanol–water partition coefficient (Wildman–Crippen LogP) is 1.81. The van der Waals surface area contributed by atoms with Crippen molar-refractivity contribution in [2.24, 2.45) is 0 Å². The van der Waals surface area contributed by atoms with Gasteiger partial charge in [-0.05, 0) is 37.1 Å². The van der Waals surface area contributed by atoms with Gasteiger partial charge in [-0.15, -0.1) is 0 Å². The van der Waals surface area contributed by atoms with Crippen molar-refractivity contribution in [3.8, 4) is 5.75 Å². The molecule has 1 aromatic heterocycles. The number of rotatable bonds is 8. The van der Waals surface area contributed by atoms with Gasteiger partial charge in [-0.2, -0.15) is 0 Å². The summed E-state index contributed by atoms with van der Waals surface area (Å²) in [5.41, 5.74) is 1.11. The molecular formula is C29H32O10. The van der Waals surface area contributed by atoms with E-state index in [-0.39, 0.29) is 39.9 Å². The molecule has 0 radical (unpaired) electrons. The Morgan fingerprint density at radius 2 is 1.87 bits per heavy atom. The molecule has 6 atom stereocenters. The molecule has 2 heterocycles. The molecule has 0 spiro atoms. The number of hydrogen-bond acceptors (Lipinski definition) is 10. The first-order valence-corrected chi connectivity index (χ1v) is 12.5. The summed E-state index contributed by atoms with van der Waals surface area (Å²) in [5.74, 6) is -0.410. The van der Waals surface area contributed by atoms with E-state index in [4.69, 9.17) is 18.6 Å². The van der Waals surface area contributed by atoms with Gasteiger partial charge in [0.05, 0.1) is 30.8 Å². The first-order valence-electron chi connectivity index (χ1n) is 12.5. The number of aliphatic hydroxyl groups is 4. The fourth-order valence-corrected chi connectivity index (χ4v) is 4.75. The van der Waals surface area contributed by atoms with E-state index in [2.05, 4.69) is 0 Å². The summed E-state index contributed by atoms with van der Waals surface area (Å²) in [6.07, 6.45) is -5.31. The van der Waals surface area contributed by atoms with E-state index in [1.54, 1.807) is 44.2 Å². The highest BCUT2D eigenvalue weighted by molar-refractivity contribution is 5.88. The predicted molar refractivity (Wildman–Crippen MR) is 141 cm³/mol. The minimum absolute atomic E-state index is 0.0513. The van der Waals surface area contributed by atoms with E-state index in [1.165, 1.54) is 25.3 Å². The van der Waals surface area contributed by atoms with E-state index < -0.39 is 49.2 Å². The van der Waals surface area contributed by atoms with Crippen LogP contribution in [0.2, 0.25) is 0 Å². The lowest BCUT2D eigenvalue weighted by atomic mass is 9.89. The van der Waals surface area contributed by atoms with Crippen LogP contribution in [0.15, 0.2) is 57.8 Å². The van der Waals surface area contributed by atoms with Gasteiger partial charge in [-0.25, -0.2) is 4.79 Å². The van der Waals surface area contributed by atoms with Crippen LogP contribution in [0, 0.1) is 6.92 Å². The zero-order valence-electron chi connectivity index (χ0n) is 21.8. The highest BCUT2D eigenvalue weighted by atomic mass is 16.6. The third-order valence-electron chi connectivity index (χ3n) is 6.58. The van der Waals surface area contributed by atoms with E-state index >= 15 is 0 Å². The third kappa shape index (κ3) is 6.05. The molecule has 4 N–H and O–H groups in total. The van der Waals surface area contributed by atoms with Gasteiger partial charge >= 0.3 is 5.97 Å². The van der Waals surface area contributed by atoms with Crippen LogP contribution in [0.25, 0.3) is 17.0 Å². The third-order valence-corrected chi connectivity index (χ3v) is 6.58. The molecule has 0 saturated carbocycles. The fraction of sp³-hybridized carbons (Fsp3) is 0.379. The Morgan fingerprint density at radius 3 is 2.51 bits per heavy atom. The molecule has 3 aromatic rings. The number of methoxy groups -OCH3 is 1. The second kappa shape index (κ2) is 12.1. The number of carbonyl (C=O) groups is 1. The molecule has 39 heavy (non-hydrogen) atoms. The Bertz CT molecular complexity index is 1390. The molecule has 208 valence electrons. The number of benzene rings is 2. The van der Waals surface area contributed by atoms with Crippen LogP contribution in [-0.4, -0.2) is 70.6 Å². The lowest BCUT2D eigenvalue weighted by Crippen LogP contribution is -2.56. The Balaban J connectivity index is 1.84. The first kappa shape index (κ1) is 28.5. The van der Waals surface area contributed by atoms with Crippen molar-refractivity contribution in [1.29, 1.82) is 0 Å². The van der Waals surface area contributed by atoms with E-state index in [0.29, 0.717) is 5.56 Å². The number of aliphatic hydroxyl groups excluding tert-OH is 4. The number of hydrogen-bond donors (Lipinski definition) is 4. The Kier molecular flexibility index (Phi) is 8.83. The summed E-state index contributed by atoms with van der Waals surface area (Å²) in [5, 5.41) is 41.5. The van der Waals surface area contributed by atoms with Gasteiger partial charge in [0.1, 0.15) is 41.5 Å². The second-order valence-corrected chi connectivity index (χ2v) is 9.55. The molecule has 10 heteroatoms. The van der Waals surface area contributed by atoms with Crippen LogP contribution in [-0.2, 0) is 20.7 Å². The van der Waals surface area contributed by atoms with Crippen molar-refractivity contribution >= 4 is 23.0 Å². The monoisotopic (exact) mass is 540 g/mol. The topological polar surface area (TPSA) is 156 Å². The van der Waals surface area contributed by atoms with Gasteiger partial charge in [-0.1, -0.05) is 30.3 Å². The number of fused-ring (bicyclic) bond motifs is 1. The van der Waals surface area contributed by atoms with Crippen molar-refractivity contribution < 1.29 is 43.8 Å². The maximum atomic E-state index is 13.1. The number of carbonyl (C=O) groups excluding carboxylic acids is 1. The summed E-state index contributed by atoms with van der Waals surface area (Å²) in [4.78, 5) is 25.9. The molecule has 1 aliphatic heterocycles. The molecule has 1 aliphatic rings. The number of aryl methyl sites for hydroxylation is 1. The van der Waals surface area contributed by atoms with Gasteiger partial charge < -0.3 is 39.1 Å². The van der Waals surface area contributed by atoms with Crippen LogP contribution in [0.4, 0.5) is 0 Å². The fourth-order valence-electron chi connectivity index (χ4n) is 4.75. The molecule has 0 amide bonds. The van der Waals surface area contributed by atoms with Crippen molar-refractivity contribution in [3.63, 3.8) is 0 Å². The minimum Gasteiger partial charge on any atom is -0.496 e. The Labute approximate surface area is 224 Å². The molecule has 1 fully saturated rings. The van der Waals surface area contributed by atoms with Crippen LogP contribution < -0.4 is 10.2 Å². The van der Waals surface area contributed by atoms with Crippen LogP contribution in [0.3, 0.4) is 0 Å². The molecular weight excluding hydrogens is 508 g/mol. The van der Waals surface area contributed by atoms with Crippen molar-refractivity contribution in [2.75, 3.05) is 13.7 Å². The van der Waals surface area contributed by atoms with E-state index in [0.717, 1.165) is 5.56 Å². The smallest absolute Gasteiger partial charge is 0.331 e. The van der Waals surface area contributed by atoms with E-state index in [1.807, 2.05) is 6.07 Å². The number of ether oxygens (including phenoxy) is 3. The maximum absolute atomic E-state index is 13.1. The van der Waals surface area contributed by atoms with Crippen LogP contribution in [0.5, 0.6) is 5.75 Å². The second-order valence-electron chi connectivity index (χ2n) is 9.55. The highest BCUT2D eigenvalue weighted by Gasteiger charge is 2.49. The zero-order valence-corrected chi connectivity index (χ0v) is 21.8. The number of esters is 1. The van der Waals surface area contributed by atoms with Gasteiger partial charge in [0.2, 0.25) is 0 Å². The molecule has 10 nitrogen and oxygen atoms in total. The van der Waals surface area contributed by atoms with Gasteiger partial charge in [0.15, 0.2) is 11.5 Å². The maximum Gasteiger partial charge on any atom is 0.331 e. The molecule has 1 saturated heterocycles. The lowest BCUT2D eigenvalue weighted by Gasteiger charge is -2.42. The summed E-state index contributed by atoms with van der Waals surface area (Å²) in [7, 11) is 1.39. The lowest BCUT2D eigenvalue weighted by molar-refractivity contribution is -0.239. The molecule has 0 aliphatic carbocycles. The summed E-state index contributed by atoms with van der Waals surface area (Å²) in [6, 6.07) is 11.9. The Hall–Kier alpha value is -3.54. The van der Waals surface area contributed by atoms with Crippen molar-refractivity contribution in [1.82, 2.24) is 0 Å². The minimum atomic E-state index is -1.66. The molecule has 2 aromatic carbocycles. The van der Waals surface area contributed by atoms with Crippen molar-refractivity contribution in [3.05, 3.63) is 81.2 Å². The Morgan fingerprint density at radius 1 is 1.15 bits per heavy atom. The zero-order chi connectivity index (χ0) is 28.3. The van der Waals surface area contributed by atoms with E-state index in [9.17, 15) is 30.0 Å². The highest BCUT2D eigenvalue weighted by Crippen LogP contribution is 2.43. The summed E-state index contributed by atoms with van der Waals surface area (Å²) in [6.45, 7) is 2.60. The van der Waals surface area contributed by atoms with Gasteiger partial charge in [-0.3, -0.25) is 4.79 Å². The standard InChI is InChI=1S/C29H32O10/c1-15-11-20(36-3)24(27-23(15)19(32)13-18(37-27)12-16(2)31)28-29(26(35)25(34)21(14-30)38-28)39-22(33)10-9-17-7-5-4-6-8-17/h4-11,13,16,21,25-26,28-31,34-35H,12,14H2,1-3H3/t16-,21+,25+,26-,28-,29+/m0/s1. The van der Waals surface area contributed by atoms with Gasteiger partial charge in [0, 0.05) is 18.6 Å². The average molecular weight is 541 g/mol. The molecule has 4 rings (SSSR count). The largest absolute Gasteiger partial charge is 0.496 e. The normalized spacial score (nSPS) is 24.1. The molecule has 0 unspecified atom stereocenters. The average Bonchev–Trinajstić information content (AvgIpc) is 2.90.